The lowest BCUT2D eigenvalue weighted by Crippen LogP contribution is -2.33. The standard InChI is InChI=1S/C18H23N3O6/c1-10(14(22)23)20-16-21-13-6-5-11(9-12(13)15(24)26-16)7-8-19-17(25)27-18(2,3)4/h5-6,9-10H,7-8H2,1-4H3,(H,19,25)(H,20,21)(H,22,23)/t10-/m0/s1. The van der Waals surface area contributed by atoms with E-state index in [1.807, 2.05) is 0 Å². The zero-order valence-corrected chi connectivity index (χ0v) is 15.7. The Balaban J connectivity index is 2.07. The molecule has 2 aromatic rings. The first kappa shape index (κ1) is 20.2. The lowest BCUT2D eigenvalue weighted by Gasteiger charge is -2.19. The van der Waals surface area contributed by atoms with Gasteiger partial charge in [-0.25, -0.2) is 9.59 Å². The summed E-state index contributed by atoms with van der Waals surface area (Å²) >= 11 is 0. The molecular weight excluding hydrogens is 354 g/mol. The maximum atomic E-state index is 12.2. The van der Waals surface area contributed by atoms with E-state index in [0.29, 0.717) is 18.5 Å². The van der Waals surface area contributed by atoms with E-state index in [1.165, 1.54) is 6.92 Å². The average Bonchev–Trinajstić information content (AvgIpc) is 2.53. The quantitative estimate of drug-likeness (QED) is 0.698. The van der Waals surface area contributed by atoms with Crippen LogP contribution in [0.5, 0.6) is 0 Å². The third-order valence-electron chi connectivity index (χ3n) is 3.48. The highest BCUT2D eigenvalue weighted by molar-refractivity contribution is 5.80. The van der Waals surface area contributed by atoms with Crippen molar-refractivity contribution in [1.29, 1.82) is 0 Å². The van der Waals surface area contributed by atoms with Gasteiger partial charge >= 0.3 is 17.7 Å². The molecule has 1 atom stereocenters. The lowest BCUT2D eigenvalue weighted by atomic mass is 10.1. The van der Waals surface area contributed by atoms with E-state index in [4.69, 9.17) is 14.3 Å². The normalized spacial score (nSPS) is 12.4. The first-order valence-electron chi connectivity index (χ1n) is 8.45. The topological polar surface area (TPSA) is 131 Å². The molecule has 9 nitrogen and oxygen atoms in total. The number of amides is 1. The molecule has 9 heteroatoms. The van der Waals surface area contributed by atoms with Crippen LogP contribution in [-0.2, 0) is 16.0 Å². The highest BCUT2D eigenvalue weighted by Gasteiger charge is 2.16. The molecule has 1 amide bonds. The number of carbonyl (C=O) groups is 2. The summed E-state index contributed by atoms with van der Waals surface area (Å²) in [4.78, 5) is 38.8. The van der Waals surface area contributed by atoms with Gasteiger partial charge in [-0.3, -0.25) is 4.79 Å². The summed E-state index contributed by atoms with van der Waals surface area (Å²) in [6.07, 6.45) is -0.0160. The first-order chi connectivity index (χ1) is 12.5. The molecular formula is C18H23N3O6. The van der Waals surface area contributed by atoms with Crippen molar-refractivity contribution in [2.45, 2.75) is 45.8 Å². The molecule has 0 fully saturated rings. The molecule has 3 N–H and O–H groups in total. The van der Waals surface area contributed by atoms with E-state index in [2.05, 4.69) is 15.6 Å². The number of carbonyl (C=O) groups excluding carboxylic acids is 1. The third kappa shape index (κ3) is 5.98. The van der Waals surface area contributed by atoms with E-state index >= 15 is 0 Å². The monoisotopic (exact) mass is 377 g/mol. The van der Waals surface area contributed by atoms with Crippen LogP contribution >= 0.6 is 0 Å². The minimum absolute atomic E-state index is 0.151. The van der Waals surface area contributed by atoms with Crippen LogP contribution in [0.15, 0.2) is 27.4 Å². The Morgan fingerprint density at radius 2 is 2.04 bits per heavy atom. The van der Waals surface area contributed by atoms with Crippen LogP contribution in [0.3, 0.4) is 0 Å². The molecule has 0 bridgehead atoms. The molecule has 0 saturated heterocycles. The van der Waals surface area contributed by atoms with Crippen LogP contribution < -0.4 is 16.3 Å². The van der Waals surface area contributed by atoms with Gasteiger partial charge in [0.2, 0.25) is 0 Å². The maximum Gasteiger partial charge on any atom is 0.407 e. The predicted molar refractivity (Wildman–Crippen MR) is 98.9 cm³/mol. The Kier molecular flexibility index (Phi) is 6.04. The number of carboxylic acid groups (broad SMARTS) is 1. The first-order valence-corrected chi connectivity index (χ1v) is 8.45. The van der Waals surface area contributed by atoms with Crippen molar-refractivity contribution in [1.82, 2.24) is 10.3 Å². The summed E-state index contributed by atoms with van der Waals surface area (Å²) in [7, 11) is 0. The number of alkyl carbamates (subject to hydrolysis) is 1. The average molecular weight is 377 g/mol. The minimum Gasteiger partial charge on any atom is -0.480 e. The number of carboxylic acids is 1. The molecule has 0 saturated carbocycles. The fourth-order valence-corrected chi connectivity index (χ4v) is 2.21. The Hall–Kier alpha value is -3.10. The van der Waals surface area contributed by atoms with Crippen molar-refractivity contribution in [2.24, 2.45) is 0 Å². The molecule has 0 aliphatic heterocycles. The SMILES string of the molecule is C[C@H](Nc1nc2ccc(CCNC(=O)OC(C)(C)C)cc2c(=O)o1)C(=O)O. The maximum absolute atomic E-state index is 12.2. The van der Waals surface area contributed by atoms with E-state index in [9.17, 15) is 14.4 Å². The molecule has 1 aromatic carbocycles. The number of nitrogens with one attached hydrogen (secondary N) is 2. The lowest BCUT2D eigenvalue weighted by molar-refractivity contribution is -0.137. The summed E-state index contributed by atoms with van der Waals surface area (Å²) in [5, 5.41) is 14.3. The molecule has 0 unspecified atom stereocenters. The highest BCUT2D eigenvalue weighted by atomic mass is 16.6. The molecule has 0 radical (unpaired) electrons. The van der Waals surface area contributed by atoms with Crippen LogP contribution in [0.2, 0.25) is 0 Å². The molecule has 27 heavy (non-hydrogen) atoms. The highest BCUT2D eigenvalue weighted by Crippen LogP contribution is 2.14. The smallest absolute Gasteiger partial charge is 0.407 e. The molecule has 0 aliphatic carbocycles. The van der Waals surface area contributed by atoms with Crippen LogP contribution in [-0.4, -0.2) is 40.3 Å². The summed E-state index contributed by atoms with van der Waals surface area (Å²) in [5.41, 5.74) is 0.00570. The number of hydrogen-bond acceptors (Lipinski definition) is 7. The summed E-state index contributed by atoms with van der Waals surface area (Å²) in [5.74, 6) is -1.09. The number of rotatable bonds is 6. The van der Waals surface area contributed by atoms with Gasteiger partial charge in [0.05, 0.1) is 10.9 Å². The predicted octanol–water partition coefficient (Wildman–Crippen LogP) is 2.14. The fourth-order valence-electron chi connectivity index (χ4n) is 2.21. The van der Waals surface area contributed by atoms with Gasteiger partial charge < -0.3 is 24.9 Å². The van der Waals surface area contributed by atoms with Gasteiger partial charge in [0.25, 0.3) is 6.01 Å². The second kappa shape index (κ2) is 8.07. The largest absolute Gasteiger partial charge is 0.480 e. The van der Waals surface area contributed by atoms with Crippen molar-refractivity contribution in [3.63, 3.8) is 0 Å². The summed E-state index contributed by atoms with van der Waals surface area (Å²) in [6.45, 7) is 7.09. The summed E-state index contributed by atoms with van der Waals surface area (Å²) in [6, 6.07) is 3.95. The third-order valence-corrected chi connectivity index (χ3v) is 3.48. The number of hydrogen-bond donors (Lipinski definition) is 3. The number of nitrogens with zero attached hydrogens (tertiary/aromatic N) is 1. The van der Waals surface area contributed by atoms with Crippen molar-refractivity contribution in [3.8, 4) is 0 Å². The second-order valence-electron chi connectivity index (χ2n) is 7.04. The van der Waals surface area contributed by atoms with E-state index in [0.717, 1.165) is 5.56 Å². The van der Waals surface area contributed by atoms with Gasteiger partial charge in [-0.2, -0.15) is 4.98 Å². The van der Waals surface area contributed by atoms with Crippen LogP contribution in [0.1, 0.15) is 33.3 Å². The van der Waals surface area contributed by atoms with E-state index in [-0.39, 0.29) is 11.4 Å². The van der Waals surface area contributed by atoms with Crippen molar-refractivity contribution < 1.29 is 23.8 Å². The molecule has 0 aliphatic rings. The Labute approximate surface area is 155 Å². The zero-order valence-electron chi connectivity index (χ0n) is 15.7. The minimum atomic E-state index is -1.09. The number of ether oxygens (including phenoxy) is 1. The number of aliphatic carboxylic acids is 1. The van der Waals surface area contributed by atoms with Crippen molar-refractivity contribution >= 4 is 29.0 Å². The molecule has 1 aromatic heterocycles. The fraction of sp³-hybridized carbons (Fsp3) is 0.444. The number of fused-ring (bicyclic) bond motifs is 1. The van der Waals surface area contributed by atoms with E-state index < -0.39 is 29.3 Å². The number of aromatic nitrogens is 1. The van der Waals surface area contributed by atoms with Gasteiger partial charge in [0.15, 0.2) is 0 Å². The van der Waals surface area contributed by atoms with E-state index in [1.54, 1.807) is 39.0 Å². The van der Waals surface area contributed by atoms with Gasteiger partial charge in [-0.05, 0) is 51.8 Å². The van der Waals surface area contributed by atoms with Crippen LogP contribution in [0.4, 0.5) is 10.8 Å². The molecule has 146 valence electrons. The van der Waals surface area contributed by atoms with Gasteiger partial charge in [-0.1, -0.05) is 6.07 Å². The second-order valence-corrected chi connectivity index (χ2v) is 7.04. The Morgan fingerprint density at radius 1 is 1.33 bits per heavy atom. The summed E-state index contributed by atoms with van der Waals surface area (Å²) < 4.78 is 10.2. The number of anilines is 1. The van der Waals surface area contributed by atoms with Crippen molar-refractivity contribution in [3.05, 3.63) is 34.2 Å². The van der Waals surface area contributed by atoms with Gasteiger partial charge in [-0.15, -0.1) is 0 Å². The van der Waals surface area contributed by atoms with Gasteiger partial charge in [0, 0.05) is 6.54 Å². The van der Waals surface area contributed by atoms with Crippen LogP contribution in [0, 0.1) is 0 Å². The zero-order chi connectivity index (χ0) is 20.2. The molecule has 0 spiro atoms. The molecule has 2 rings (SSSR count). The Morgan fingerprint density at radius 3 is 2.67 bits per heavy atom. The Bertz CT molecular complexity index is 900. The van der Waals surface area contributed by atoms with Gasteiger partial charge in [0.1, 0.15) is 11.6 Å². The van der Waals surface area contributed by atoms with Crippen molar-refractivity contribution in [2.75, 3.05) is 11.9 Å². The van der Waals surface area contributed by atoms with Crippen LogP contribution in [0.25, 0.3) is 10.9 Å². The molecule has 1 heterocycles. The number of benzene rings is 1.